The minimum atomic E-state index is -1.76. The molecular weight excluding hydrogens is 435 g/mol. The molecular formula is C26H21NOS2Si. The second kappa shape index (κ2) is 6.89. The minimum absolute atomic E-state index is 0.188. The van der Waals surface area contributed by atoms with Crippen LogP contribution >= 0.6 is 22.7 Å². The van der Waals surface area contributed by atoms with Gasteiger partial charge >= 0.3 is 0 Å². The molecule has 0 radical (unpaired) electrons. The molecule has 0 N–H and O–H groups in total. The fourth-order valence-electron chi connectivity index (χ4n) is 4.85. The molecule has 31 heavy (non-hydrogen) atoms. The Balaban J connectivity index is 1.44. The van der Waals surface area contributed by atoms with Crippen LogP contribution in [0.15, 0.2) is 77.0 Å². The monoisotopic (exact) mass is 455 g/mol. The molecule has 1 aliphatic carbocycles. The summed E-state index contributed by atoms with van der Waals surface area (Å²) < 4.78 is 0. The lowest BCUT2D eigenvalue weighted by Gasteiger charge is -2.40. The van der Waals surface area contributed by atoms with Crippen LogP contribution in [0.4, 0.5) is 16.4 Å². The number of carbonyl (C=O) groups excluding carboxylic acids is 1. The van der Waals surface area contributed by atoms with Gasteiger partial charge in [-0.3, -0.25) is 4.79 Å². The third-order valence-electron chi connectivity index (χ3n) is 6.45. The Kier molecular flexibility index (Phi) is 4.22. The van der Waals surface area contributed by atoms with E-state index in [-0.39, 0.29) is 5.78 Å². The highest BCUT2D eigenvalue weighted by Gasteiger charge is 2.38. The van der Waals surface area contributed by atoms with Crippen molar-refractivity contribution in [3.8, 4) is 0 Å². The number of carbonyl (C=O) groups is 1. The quantitative estimate of drug-likeness (QED) is 0.263. The topological polar surface area (TPSA) is 20.3 Å². The second-order valence-electron chi connectivity index (χ2n) is 8.66. The molecule has 5 heteroatoms. The maximum Gasteiger partial charge on any atom is 0.190 e. The number of nitrogens with zero attached hydrogens (tertiary/aromatic N) is 1. The lowest BCUT2D eigenvalue weighted by atomic mass is 10.1. The van der Waals surface area contributed by atoms with Crippen molar-refractivity contribution < 1.29 is 4.79 Å². The SMILES string of the molecule is C[Si]1(C)c2ccccc2N(c2ccc(/C=C3\Cc4cscc4C3=O)s2)c2ccccc21. The van der Waals surface area contributed by atoms with Gasteiger partial charge in [-0.05, 0) is 51.7 Å². The smallest absolute Gasteiger partial charge is 0.190 e. The molecule has 2 nitrogen and oxygen atoms in total. The van der Waals surface area contributed by atoms with E-state index in [1.165, 1.54) is 32.3 Å². The molecule has 1 aliphatic heterocycles. The molecule has 0 bridgehead atoms. The molecule has 0 fully saturated rings. The summed E-state index contributed by atoms with van der Waals surface area (Å²) in [5, 5.41) is 8.21. The highest BCUT2D eigenvalue weighted by Crippen LogP contribution is 2.42. The number of benzene rings is 2. The lowest BCUT2D eigenvalue weighted by Crippen LogP contribution is -2.58. The van der Waals surface area contributed by atoms with Crippen molar-refractivity contribution in [2.45, 2.75) is 19.5 Å². The van der Waals surface area contributed by atoms with Crippen molar-refractivity contribution in [1.82, 2.24) is 0 Å². The fourth-order valence-corrected chi connectivity index (χ4v) is 9.68. The molecule has 152 valence electrons. The Labute approximate surface area is 191 Å². The average Bonchev–Trinajstić information content (AvgIpc) is 3.48. The first-order valence-corrected chi connectivity index (χ1v) is 15.2. The van der Waals surface area contributed by atoms with E-state index in [9.17, 15) is 4.79 Å². The summed E-state index contributed by atoms with van der Waals surface area (Å²) in [4.78, 5) is 16.2. The van der Waals surface area contributed by atoms with E-state index in [1.54, 1.807) is 22.7 Å². The van der Waals surface area contributed by atoms with Gasteiger partial charge in [0.05, 0.1) is 0 Å². The van der Waals surface area contributed by atoms with Crippen LogP contribution in [0.25, 0.3) is 6.08 Å². The van der Waals surface area contributed by atoms with Crippen molar-refractivity contribution >= 4 is 69.4 Å². The number of hydrogen-bond donors (Lipinski definition) is 0. The van der Waals surface area contributed by atoms with Crippen LogP contribution in [0.5, 0.6) is 0 Å². The minimum Gasteiger partial charge on any atom is -0.302 e. The lowest BCUT2D eigenvalue weighted by molar-refractivity contribution is 0.104. The number of Topliss-reactive ketones (excluding diaryl/α,β-unsaturated/α-hetero) is 1. The maximum absolute atomic E-state index is 12.7. The van der Waals surface area contributed by atoms with Crippen molar-refractivity contribution in [3.05, 3.63) is 93.0 Å². The number of rotatable bonds is 2. The second-order valence-corrected chi connectivity index (χ2v) is 14.8. The van der Waals surface area contributed by atoms with Gasteiger partial charge in [0.1, 0.15) is 13.1 Å². The van der Waals surface area contributed by atoms with Crippen LogP contribution in [0, 0.1) is 0 Å². The zero-order valence-corrected chi connectivity index (χ0v) is 20.0. The summed E-state index contributed by atoms with van der Waals surface area (Å²) in [6, 6.07) is 22.0. The van der Waals surface area contributed by atoms with Gasteiger partial charge in [0, 0.05) is 39.2 Å². The summed E-state index contributed by atoms with van der Waals surface area (Å²) >= 11 is 3.37. The van der Waals surface area contributed by atoms with E-state index in [2.05, 4.69) is 90.1 Å². The molecule has 4 aromatic rings. The number of ketones is 1. The van der Waals surface area contributed by atoms with Crippen LogP contribution in [0.3, 0.4) is 0 Å². The summed E-state index contributed by atoms with van der Waals surface area (Å²) in [5.41, 5.74) is 5.54. The first-order chi connectivity index (χ1) is 15.0. The van der Waals surface area contributed by atoms with Gasteiger partial charge in [-0.15, -0.1) is 11.3 Å². The van der Waals surface area contributed by atoms with E-state index in [1.807, 2.05) is 5.38 Å². The first-order valence-electron chi connectivity index (χ1n) is 10.4. The van der Waals surface area contributed by atoms with Gasteiger partial charge < -0.3 is 4.90 Å². The number of anilines is 3. The molecule has 0 amide bonds. The molecule has 2 aliphatic rings. The van der Waals surface area contributed by atoms with E-state index in [4.69, 9.17) is 0 Å². The predicted molar refractivity (Wildman–Crippen MR) is 136 cm³/mol. The van der Waals surface area contributed by atoms with Crippen LogP contribution in [0.1, 0.15) is 20.8 Å². The largest absolute Gasteiger partial charge is 0.302 e. The van der Waals surface area contributed by atoms with Gasteiger partial charge in [0.25, 0.3) is 0 Å². The van der Waals surface area contributed by atoms with Crippen molar-refractivity contribution in [3.63, 3.8) is 0 Å². The highest BCUT2D eigenvalue weighted by atomic mass is 32.1. The van der Waals surface area contributed by atoms with Gasteiger partial charge in [0.15, 0.2) is 5.78 Å². The van der Waals surface area contributed by atoms with Gasteiger partial charge in [-0.25, -0.2) is 0 Å². The Morgan fingerprint density at radius 1 is 0.903 bits per heavy atom. The van der Waals surface area contributed by atoms with Gasteiger partial charge in [0.2, 0.25) is 0 Å². The third kappa shape index (κ3) is 2.84. The molecule has 0 spiro atoms. The highest BCUT2D eigenvalue weighted by molar-refractivity contribution is 7.17. The summed E-state index contributed by atoms with van der Waals surface area (Å²) in [6.45, 7) is 4.88. The molecule has 2 aromatic carbocycles. The van der Waals surface area contributed by atoms with E-state index in [0.717, 1.165) is 22.4 Å². The summed E-state index contributed by atoms with van der Waals surface area (Å²) in [6.07, 6.45) is 2.84. The molecule has 0 unspecified atom stereocenters. The Hall–Kier alpha value is -2.73. The van der Waals surface area contributed by atoms with Crippen LogP contribution in [-0.4, -0.2) is 13.9 Å². The summed E-state index contributed by atoms with van der Waals surface area (Å²) in [5.74, 6) is 0.188. The Bertz CT molecular complexity index is 1330. The Morgan fingerprint density at radius 2 is 1.58 bits per heavy atom. The molecule has 0 atom stereocenters. The zero-order chi connectivity index (χ0) is 21.2. The molecule has 6 rings (SSSR count). The van der Waals surface area contributed by atoms with Gasteiger partial charge in [-0.2, -0.15) is 11.3 Å². The zero-order valence-electron chi connectivity index (χ0n) is 17.4. The molecule has 0 saturated heterocycles. The standard InChI is InChI=1S/C26H21NOS2Si/c1-31(2)23-9-5-3-7-21(23)27(22-8-4-6-10-24(22)31)25-12-11-19(30-25)14-17-13-18-15-29-16-20(18)26(17)28/h3-12,14-16H,13H2,1-2H3/b17-14+. The van der Waals surface area contributed by atoms with Gasteiger partial charge in [-0.1, -0.05) is 49.5 Å². The number of fused-ring (bicyclic) bond motifs is 3. The van der Waals surface area contributed by atoms with Crippen LogP contribution in [0.2, 0.25) is 13.1 Å². The fraction of sp³-hybridized carbons (Fsp3) is 0.115. The maximum atomic E-state index is 12.7. The van der Waals surface area contributed by atoms with Crippen LogP contribution in [-0.2, 0) is 6.42 Å². The molecule has 2 aromatic heterocycles. The van der Waals surface area contributed by atoms with Crippen molar-refractivity contribution in [1.29, 1.82) is 0 Å². The average molecular weight is 456 g/mol. The molecule has 0 saturated carbocycles. The van der Waals surface area contributed by atoms with E-state index >= 15 is 0 Å². The number of hydrogen-bond acceptors (Lipinski definition) is 4. The number of para-hydroxylation sites is 2. The van der Waals surface area contributed by atoms with Crippen LogP contribution < -0.4 is 15.3 Å². The van der Waals surface area contributed by atoms with Crippen molar-refractivity contribution in [2.24, 2.45) is 0 Å². The first kappa shape index (κ1) is 19.0. The third-order valence-corrected chi connectivity index (χ3v) is 11.8. The number of allylic oxidation sites excluding steroid dienone is 1. The molecule has 3 heterocycles. The van der Waals surface area contributed by atoms with E-state index < -0.39 is 8.07 Å². The predicted octanol–water partition coefficient (Wildman–Crippen LogP) is 6.24. The number of thiophene rings is 2. The van der Waals surface area contributed by atoms with Crippen molar-refractivity contribution in [2.75, 3.05) is 4.90 Å². The normalized spacial score (nSPS) is 17.5. The Morgan fingerprint density at radius 3 is 2.26 bits per heavy atom. The van der Waals surface area contributed by atoms with E-state index in [0.29, 0.717) is 0 Å². The summed E-state index contributed by atoms with van der Waals surface area (Å²) in [7, 11) is -1.76.